The number of hydrogen-bond donors (Lipinski definition) is 1. The predicted octanol–water partition coefficient (Wildman–Crippen LogP) is 24.8. The van der Waals surface area contributed by atoms with Gasteiger partial charge in [0.15, 0.2) is 6.10 Å². The first-order chi connectivity index (χ1) is 46.0. The van der Waals surface area contributed by atoms with Crippen LogP contribution in [-0.4, -0.2) is 74.9 Å². The zero-order valence-corrected chi connectivity index (χ0v) is 61.3. The maximum absolute atomic E-state index is 12.9. The van der Waals surface area contributed by atoms with Gasteiger partial charge in [-0.25, -0.2) is 4.57 Å². The summed E-state index contributed by atoms with van der Waals surface area (Å²) in [5.74, 6) is -0.874. The van der Waals surface area contributed by atoms with E-state index in [1.165, 1.54) is 109 Å². The van der Waals surface area contributed by atoms with Gasteiger partial charge in [0.1, 0.15) is 19.8 Å². The van der Waals surface area contributed by atoms with E-state index in [2.05, 4.69) is 208 Å². The van der Waals surface area contributed by atoms with E-state index in [9.17, 15) is 19.0 Å². The van der Waals surface area contributed by atoms with Crippen LogP contribution in [-0.2, 0) is 32.7 Å². The smallest absolute Gasteiger partial charge is 0.462 e. The fourth-order valence-corrected chi connectivity index (χ4v) is 10.3. The van der Waals surface area contributed by atoms with Crippen LogP contribution in [0, 0.1) is 0 Å². The Balaban J connectivity index is 4.10. The van der Waals surface area contributed by atoms with E-state index >= 15 is 0 Å². The van der Waals surface area contributed by atoms with Crippen molar-refractivity contribution < 1.29 is 42.1 Å². The van der Waals surface area contributed by atoms with E-state index in [0.29, 0.717) is 23.9 Å². The van der Waals surface area contributed by atoms with E-state index in [4.69, 9.17) is 18.5 Å². The molecule has 94 heavy (non-hydrogen) atoms. The standard InChI is InChI=1S/C84H136NO8P/c1-6-8-10-12-14-16-18-20-22-24-26-28-30-32-34-36-37-38-39-40-41-42-43-44-45-46-47-49-50-52-54-56-58-60-62-64-66-68-70-72-74-76-83(86)90-80-82(81-92-94(88,89)91-79-78-85(3,4)5)93-84(87)77-75-73-71-69-67-65-63-61-59-57-55-53-51-48-35-33-31-29-27-25-23-21-19-17-15-13-11-9-7-2/h8-11,14-17,20-23,26-29,32-35,37-38,40-41,51,53,57,59,63,65,69,71,82H,6-7,12-13,18-19,24-25,30-31,36,39,42-50,52,54-56,58,60-62,64,66-68,70,72-81H2,1-5H3/p+1/b10-8-,11-9-,16-14-,17-15-,22-20-,23-21-,28-26-,29-27-,34-32-,35-33-,38-37-,41-40-,53-51-,59-57-,65-63-,71-69-. The van der Waals surface area contributed by atoms with Crippen molar-refractivity contribution in [1.82, 2.24) is 0 Å². The summed E-state index contributed by atoms with van der Waals surface area (Å²) < 4.78 is 34.7. The molecule has 2 atom stereocenters. The van der Waals surface area contributed by atoms with Crippen LogP contribution in [0.15, 0.2) is 194 Å². The molecule has 0 heterocycles. The minimum Gasteiger partial charge on any atom is -0.462 e. The van der Waals surface area contributed by atoms with Crippen molar-refractivity contribution in [2.75, 3.05) is 47.5 Å². The Kier molecular flexibility index (Phi) is 68.2. The average molecular weight is 1320 g/mol. The van der Waals surface area contributed by atoms with Crippen LogP contribution >= 0.6 is 7.82 Å². The molecule has 0 aliphatic heterocycles. The number of quaternary nitrogens is 1. The van der Waals surface area contributed by atoms with E-state index in [1.54, 1.807) is 0 Å². The van der Waals surface area contributed by atoms with Crippen LogP contribution in [0.25, 0.3) is 0 Å². The lowest BCUT2D eigenvalue weighted by Crippen LogP contribution is -2.37. The molecule has 0 spiro atoms. The minimum absolute atomic E-state index is 0.0119. The van der Waals surface area contributed by atoms with Crippen molar-refractivity contribution in [1.29, 1.82) is 0 Å². The fraction of sp³-hybridized carbons (Fsp3) is 0.595. The van der Waals surface area contributed by atoms with Crippen LogP contribution in [0.4, 0.5) is 0 Å². The summed E-state index contributed by atoms with van der Waals surface area (Å²) >= 11 is 0. The number of esters is 2. The second-order valence-electron chi connectivity index (χ2n) is 25.2. The molecule has 0 saturated carbocycles. The van der Waals surface area contributed by atoms with E-state index < -0.39 is 26.5 Å². The predicted molar refractivity (Wildman–Crippen MR) is 408 cm³/mol. The molecule has 0 aromatic rings. The number of carbonyl (C=O) groups excluding carboxylic acids is 2. The normalized spacial score (nSPS) is 14.2. The molecule has 10 heteroatoms. The van der Waals surface area contributed by atoms with Gasteiger partial charge in [-0.05, 0) is 135 Å². The van der Waals surface area contributed by atoms with Crippen molar-refractivity contribution in [3.8, 4) is 0 Å². The van der Waals surface area contributed by atoms with Gasteiger partial charge in [-0.15, -0.1) is 0 Å². The lowest BCUT2D eigenvalue weighted by atomic mass is 10.0. The Bertz CT molecular complexity index is 2290. The highest BCUT2D eigenvalue weighted by atomic mass is 31.2. The summed E-state index contributed by atoms with van der Waals surface area (Å²) in [5.41, 5.74) is 0. The van der Waals surface area contributed by atoms with Gasteiger partial charge in [0, 0.05) is 12.8 Å². The zero-order chi connectivity index (χ0) is 68.3. The second-order valence-corrected chi connectivity index (χ2v) is 26.7. The van der Waals surface area contributed by atoms with Gasteiger partial charge in [-0.1, -0.05) is 317 Å². The molecule has 0 bridgehead atoms. The van der Waals surface area contributed by atoms with Crippen molar-refractivity contribution in [2.24, 2.45) is 0 Å². The molecule has 0 saturated heterocycles. The summed E-state index contributed by atoms with van der Waals surface area (Å²) in [6.45, 7) is 4.13. The van der Waals surface area contributed by atoms with Crippen LogP contribution in [0.2, 0.25) is 0 Å². The summed E-state index contributed by atoms with van der Waals surface area (Å²) in [4.78, 5) is 35.9. The molecule has 0 aliphatic carbocycles. The number of phosphoric ester groups is 1. The molecule has 0 fully saturated rings. The third-order valence-electron chi connectivity index (χ3n) is 15.1. The molecule has 0 rings (SSSR count). The highest BCUT2D eigenvalue weighted by Crippen LogP contribution is 2.43. The largest absolute Gasteiger partial charge is 0.472 e. The lowest BCUT2D eigenvalue weighted by Gasteiger charge is -2.24. The molecule has 0 aromatic carbocycles. The number of nitrogens with zero attached hydrogens (tertiary/aromatic N) is 1. The number of likely N-dealkylation sites (N-methyl/N-ethyl adjacent to an activating group) is 1. The van der Waals surface area contributed by atoms with Gasteiger partial charge in [-0.2, -0.15) is 0 Å². The Morgan fingerprint density at radius 2 is 0.585 bits per heavy atom. The van der Waals surface area contributed by atoms with E-state index in [0.717, 1.165) is 122 Å². The zero-order valence-electron chi connectivity index (χ0n) is 60.4. The van der Waals surface area contributed by atoms with Gasteiger partial charge in [0.05, 0.1) is 27.7 Å². The summed E-state index contributed by atoms with van der Waals surface area (Å²) in [6, 6.07) is 0. The molecular formula is C84H137NO8P+. The van der Waals surface area contributed by atoms with Crippen LogP contribution < -0.4 is 0 Å². The topological polar surface area (TPSA) is 108 Å². The van der Waals surface area contributed by atoms with Crippen molar-refractivity contribution in [3.05, 3.63) is 194 Å². The number of hydrogen-bond acceptors (Lipinski definition) is 7. The molecule has 9 nitrogen and oxygen atoms in total. The first kappa shape index (κ1) is 88.8. The minimum atomic E-state index is -4.42. The molecule has 0 amide bonds. The van der Waals surface area contributed by atoms with Crippen molar-refractivity contribution >= 4 is 19.8 Å². The number of ether oxygens (including phenoxy) is 2. The number of carbonyl (C=O) groups is 2. The monoisotopic (exact) mass is 1320 g/mol. The van der Waals surface area contributed by atoms with Gasteiger partial charge >= 0.3 is 19.8 Å². The molecule has 530 valence electrons. The molecule has 0 aliphatic rings. The third kappa shape index (κ3) is 75.9. The van der Waals surface area contributed by atoms with Crippen molar-refractivity contribution in [3.63, 3.8) is 0 Å². The molecule has 0 aromatic heterocycles. The highest BCUT2D eigenvalue weighted by Gasteiger charge is 2.27. The van der Waals surface area contributed by atoms with Gasteiger partial charge < -0.3 is 18.9 Å². The van der Waals surface area contributed by atoms with Crippen molar-refractivity contribution in [2.45, 2.75) is 277 Å². The quantitative estimate of drug-likeness (QED) is 0.0211. The summed E-state index contributed by atoms with van der Waals surface area (Å²) in [6.07, 6.45) is 113. The number of phosphoric acid groups is 1. The van der Waals surface area contributed by atoms with Gasteiger partial charge in [0.25, 0.3) is 0 Å². The summed E-state index contributed by atoms with van der Waals surface area (Å²) in [5, 5.41) is 0. The first-order valence-electron chi connectivity index (χ1n) is 37.2. The average Bonchev–Trinajstić information content (AvgIpc) is 1.65. The van der Waals surface area contributed by atoms with E-state index in [1.807, 2.05) is 21.1 Å². The second kappa shape index (κ2) is 72.1. The van der Waals surface area contributed by atoms with Crippen LogP contribution in [0.5, 0.6) is 0 Å². The Morgan fingerprint density at radius 3 is 0.883 bits per heavy atom. The fourth-order valence-electron chi connectivity index (χ4n) is 9.53. The molecular weight excluding hydrogens is 1180 g/mol. The van der Waals surface area contributed by atoms with Crippen LogP contribution in [0.1, 0.15) is 271 Å². The number of unbranched alkanes of at least 4 members (excludes halogenated alkanes) is 20. The van der Waals surface area contributed by atoms with Gasteiger partial charge in [-0.3, -0.25) is 18.6 Å². The SMILES string of the molecule is CC/C=C\C/C=C\C/C=C\C/C=C\C/C=C\C/C=C\C/C=C\C/C=C\C/C=C\CCCC(=O)OC(COC(=O)CCCCCCCCCCCCCCCCCCCCC/C=C\C/C=C\C/C=C\C/C=C\C/C=C\C/C=C\C/C=C\CC)COP(=O)(O)OCC[N+](C)(C)C. The molecule has 1 N–H and O–H groups in total. The Hall–Kier alpha value is -5.15. The maximum Gasteiger partial charge on any atom is 0.472 e. The molecule has 0 radical (unpaired) electrons. The number of allylic oxidation sites excluding steroid dienone is 32. The Morgan fingerprint density at radius 1 is 0.330 bits per heavy atom. The summed E-state index contributed by atoms with van der Waals surface area (Å²) in [7, 11) is 1.42. The maximum atomic E-state index is 12.9. The lowest BCUT2D eigenvalue weighted by molar-refractivity contribution is -0.870. The van der Waals surface area contributed by atoms with Crippen LogP contribution in [0.3, 0.4) is 0 Å². The third-order valence-corrected chi connectivity index (χ3v) is 16.1. The van der Waals surface area contributed by atoms with Gasteiger partial charge in [0.2, 0.25) is 0 Å². The Labute approximate surface area is 577 Å². The van der Waals surface area contributed by atoms with E-state index in [-0.39, 0.29) is 32.0 Å². The molecule has 2 unspecified atom stereocenters. The number of rotatable bonds is 66. The highest BCUT2D eigenvalue weighted by molar-refractivity contribution is 7.47. The first-order valence-corrected chi connectivity index (χ1v) is 38.7.